The zero-order valence-electron chi connectivity index (χ0n) is 8.77. The Balaban J connectivity index is 2.23. The fourth-order valence-electron chi connectivity index (χ4n) is 1.57. The molecule has 1 saturated carbocycles. The van der Waals surface area contributed by atoms with Gasteiger partial charge in [0.1, 0.15) is 0 Å². The summed E-state index contributed by atoms with van der Waals surface area (Å²) >= 11 is 0. The van der Waals surface area contributed by atoms with E-state index in [1.165, 1.54) is 12.1 Å². The average Bonchev–Trinajstić information content (AvgIpc) is 2.96. The number of hydrogen-bond donors (Lipinski definition) is 0. The Morgan fingerprint density at radius 2 is 1.69 bits per heavy atom. The van der Waals surface area contributed by atoms with E-state index in [4.69, 9.17) is 0 Å². The van der Waals surface area contributed by atoms with Crippen molar-refractivity contribution < 1.29 is 18.0 Å². The summed E-state index contributed by atoms with van der Waals surface area (Å²) in [6.45, 7) is 1.84. The first-order valence-corrected chi connectivity index (χ1v) is 5.05. The van der Waals surface area contributed by atoms with E-state index in [-0.39, 0.29) is 11.2 Å². The molecular formula is C12H11F3O. The number of alkyl halides is 3. The fourth-order valence-corrected chi connectivity index (χ4v) is 1.57. The molecule has 16 heavy (non-hydrogen) atoms. The zero-order valence-corrected chi connectivity index (χ0v) is 8.77. The molecule has 0 amide bonds. The van der Waals surface area contributed by atoms with Gasteiger partial charge in [0.15, 0.2) is 5.78 Å². The highest BCUT2D eigenvalue weighted by atomic mass is 19.4. The van der Waals surface area contributed by atoms with Crippen molar-refractivity contribution in [1.82, 2.24) is 0 Å². The number of Topliss-reactive ketones (excluding diaryl/α,β-unsaturated/α-hetero) is 1. The molecule has 1 aromatic rings. The smallest absolute Gasteiger partial charge is 0.294 e. The van der Waals surface area contributed by atoms with E-state index in [9.17, 15) is 18.0 Å². The number of halogens is 3. The highest BCUT2D eigenvalue weighted by molar-refractivity contribution is 6.01. The monoisotopic (exact) mass is 228 g/mol. The summed E-state index contributed by atoms with van der Waals surface area (Å²) in [4.78, 5) is 11.8. The third-order valence-electron chi connectivity index (χ3n) is 3.02. The summed E-state index contributed by atoms with van der Waals surface area (Å²) in [6.07, 6.45) is -2.69. The van der Waals surface area contributed by atoms with Crippen LogP contribution in [-0.2, 0) is 6.18 Å². The minimum atomic E-state index is -4.34. The van der Waals surface area contributed by atoms with Crippen LogP contribution in [0, 0.1) is 5.41 Å². The van der Waals surface area contributed by atoms with Crippen LogP contribution in [0.5, 0.6) is 0 Å². The molecule has 0 atom stereocenters. The van der Waals surface area contributed by atoms with Gasteiger partial charge in [0.2, 0.25) is 0 Å². The molecule has 1 aliphatic rings. The van der Waals surface area contributed by atoms with Gasteiger partial charge in [-0.25, -0.2) is 0 Å². The molecule has 1 fully saturated rings. The molecule has 86 valence electrons. The number of hydrogen-bond acceptors (Lipinski definition) is 1. The third kappa shape index (κ3) is 1.96. The maximum absolute atomic E-state index is 12.3. The number of benzene rings is 1. The van der Waals surface area contributed by atoms with Crippen LogP contribution in [0.4, 0.5) is 13.2 Å². The molecule has 0 aliphatic heterocycles. The molecule has 0 spiro atoms. The van der Waals surface area contributed by atoms with Crippen molar-refractivity contribution in [3.8, 4) is 0 Å². The van der Waals surface area contributed by atoms with Crippen LogP contribution >= 0.6 is 0 Å². The van der Waals surface area contributed by atoms with E-state index in [2.05, 4.69) is 0 Å². The Bertz CT molecular complexity index is 413. The number of carbonyl (C=O) groups excluding carboxylic acids is 1. The lowest BCUT2D eigenvalue weighted by atomic mass is 9.96. The van der Waals surface area contributed by atoms with E-state index in [1.807, 2.05) is 6.92 Å². The first-order chi connectivity index (χ1) is 7.33. The van der Waals surface area contributed by atoms with Gasteiger partial charge in [0.25, 0.3) is 0 Å². The molecule has 0 heterocycles. The van der Waals surface area contributed by atoms with Crippen LogP contribution in [0.2, 0.25) is 0 Å². The number of carbonyl (C=O) groups is 1. The molecule has 0 aromatic heterocycles. The van der Waals surface area contributed by atoms with Gasteiger partial charge < -0.3 is 0 Å². The molecule has 1 aromatic carbocycles. The summed E-state index contributed by atoms with van der Waals surface area (Å²) in [6, 6.07) is 4.43. The second-order valence-corrected chi connectivity index (χ2v) is 4.46. The van der Waals surface area contributed by atoms with Crippen LogP contribution in [0.15, 0.2) is 24.3 Å². The number of rotatable bonds is 2. The van der Waals surface area contributed by atoms with Crippen LogP contribution < -0.4 is 0 Å². The van der Waals surface area contributed by atoms with Gasteiger partial charge >= 0.3 is 6.18 Å². The first kappa shape index (κ1) is 11.2. The lowest BCUT2D eigenvalue weighted by molar-refractivity contribution is -0.137. The van der Waals surface area contributed by atoms with Crippen LogP contribution in [0.1, 0.15) is 35.7 Å². The molecule has 0 unspecified atom stereocenters. The molecule has 0 bridgehead atoms. The summed E-state index contributed by atoms with van der Waals surface area (Å²) in [5.74, 6) is -0.0544. The molecule has 0 radical (unpaired) electrons. The van der Waals surface area contributed by atoms with E-state index in [0.717, 1.165) is 25.0 Å². The van der Waals surface area contributed by atoms with Crippen LogP contribution in [0.3, 0.4) is 0 Å². The van der Waals surface area contributed by atoms with Gasteiger partial charge in [-0.2, -0.15) is 13.2 Å². The third-order valence-corrected chi connectivity index (χ3v) is 3.02. The Hall–Kier alpha value is -1.32. The molecule has 0 N–H and O–H groups in total. The normalized spacial score (nSPS) is 18.2. The topological polar surface area (TPSA) is 17.1 Å². The lowest BCUT2D eigenvalue weighted by Crippen LogP contribution is -2.12. The van der Waals surface area contributed by atoms with E-state index in [0.29, 0.717) is 5.56 Å². The van der Waals surface area contributed by atoms with Gasteiger partial charge in [-0.1, -0.05) is 19.1 Å². The second-order valence-electron chi connectivity index (χ2n) is 4.46. The quantitative estimate of drug-likeness (QED) is 0.705. The fraction of sp³-hybridized carbons (Fsp3) is 0.417. The van der Waals surface area contributed by atoms with Crippen molar-refractivity contribution in [1.29, 1.82) is 0 Å². The van der Waals surface area contributed by atoms with Gasteiger partial charge in [-0.3, -0.25) is 4.79 Å². The summed E-state index contributed by atoms with van der Waals surface area (Å²) < 4.78 is 36.8. The van der Waals surface area contributed by atoms with Crippen molar-refractivity contribution in [2.24, 2.45) is 5.41 Å². The standard InChI is InChI=1S/C12H11F3O/c1-11(6-7-11)10(16)8-2-4-9(5-3-8)12(13,14)15/h2-5H,6-7H2,1H3. The first-order valence-electron chi connectivity index (χ1n) is 5.05. The lowest BCUT2D eigenvalue weighted by Gasteiger charge is -2.09. The van der Waals surface area contributed by atoms with Crippen molar-refractivity contribution in [2.45, 2.75) is 25.9 Å². The highest BCUT2D eigenvalue weighted by Gasteiger charge is 2.45. The van der Waals surface area contributed by atoms with Gasteiger partial charge in [0.05, 0.1) is 5.56 Å². The Kier molecular flexibility index (Phi) is 2.33. The van der Waals surface area contributed by atoms with Crippen LogP contribution in [-0.4, -0.2) is 5.78 Å². The molecular weight excluding hydrogens is 217 g/mol. The van der Waals surface area contributed by atoms with Crippen molar-refractivity contribution in [3.05, 3.63) is 35.4 Å². The predicted molar refractivity (Wildman–Crippen MR) is 53.1 cm³/mol. The number of ketones is 1. The Labute approximate surface area is 91.3 Å². The van der Waals surface area contributed by atoms with Crippen molar-refractivity contribution >= 4 is 5.78 Å². The average molecular weight is 228 g/mol. The minimum Gasteiger partial charge on any atom is -0.294 e. The van der Waals surface area contributed by atoms with Gasteiger partial charge in [0, 0.05) is 11.0 Å². The van der Waals surface area contributed by atoms with Crippen molar-refractivity contribution in [3.63, 3.8) is 0 Å². The predicted octanol–water partition coefficient (Wildman–Crippen LogP) is 3.69. The van der Waals surface area contributed by atoms with Gasteiger partial charge in [-0.15, -0.1) is 0 Å². The highest BCUT2D eigenvalue weighted by Crippen LogP contribution is 2.47. The maximum atomic E-state index is 12.3. The summed E-state index contributed by atoms with van der Waals surface area (Å²) in [5, 5.41) is 0. The van der Waals surface area contributed by atoms with E-state index >= 15 is 0 Å². The zero-order chi connectivity index (χ0) is 12.0. The summed E-state index contributed by atoms with van der Waals surface area (Å²) in [5.41, 5.74) is -0.683. The SMILES string of the molecule is CC1(C(=O)c2ccc(C(F)(F)F)cc2)CC1. The molecule has 1 nitrogen and oxygen atoms in total. The van der Waals surface area contributed by atoms with E-state index < -0.39 is 11.7 Å². The molecule has 1 aliphatic carbocycles. The van der Waals surface area contributed by atoms with Crippen LogP contribution in [0.25, 0.3) is 0 Å². The Morgan fingerprint density at radius 1 is 1.19 bits per heavy atom. The van der Waals surface area contributed by atoms with E-state index in [1.54, 1.807) is 0 Å². The minimum absolute atomic E-state index is 0.0544. The molecule has 0 saturated heterocycles. The second kappa shape index (κ2) is 3.34. The summed E-state index contributed by atoms with van der Waals surface area (Å²) in [7, 11) is 0. The Morgan fingerprint density at radius 3 is 2.06 bits per heavy atom. The maximum Gasteiger partial charge on any atom is 0.416 e. The van der Waals surface area contributed by atoms with Gasteiger partial charge in [-0.05, 0) is 25.0 Å². The van der Waals surface area contributed by atoms with Crippen molar-refractivity contribution in [2.75, 3.05) is 0 Å². The molecule has 2 rings (SSSR count). The molecule has 4 heteroatoms. The largest absolute Gasteiger partial charge is 0.416 e.